The van der Waals surface area contributed by atoms with Crippen LogP contribution in [-0.2, 0) is 21.9 Å². The molecule has 2 heterocycles. The molecule has 1 aromatic heterocycles. The van der Waals surface area contributed by atoms with Crippen molar-refractivity contribution < 1.29 is 18.3 Å². The minimum atomic E-state index is -3.59. The Hall–Kier alpha value is -1.41. The van der Waals surface area contributed by atoms with E-state index in [-0.39, 0.29) is 18.1 Å². The van der Waals surface area contributed by atoms with Gasteiger partial charge in [0.15, 0.2) is 5.03 Å². The average Bonchev–Trinajstić information content (AvgIpc) is 2.85. The molecule has 7 nitrogen and oxygen atoms in total. The third-order valence-corrected chi connectivity index (χ3v) is 6.16. The van der Waals surface area contributed by atoms with Crippen molar-refractivity contribution in [1.82, 2.24) is 14.1 Å². The number of aryl methyl sites for hydroxylation is 1. The Bertz CT molecular complexity index is 600. The van der Waals surface area contributed by atoms with Crippen LogP contribution in [0.2, 0.25) is 0 Å². The summed E-state index contributed by atoms with van der Waals surface area (Å²) in [6, 6.07) is 1.45. The first-order valence-corrected chi connectivity index (χ1v) is 7.99. The van der Waals surface area contributed by atoms with Crippen LogP contribution in [0.4, 0.5) is 0 Å². The number of carboxylic acids is 1. The van der Waals surface area contributed by atoms with Crippen molar-refractivity contribution >= 4 is 16.0 Å². The summed E-state index contributed by atoms with van der Waals surface area (Å²) in [5.74, 6) is -0.836. The third kappa shape index (κ3) is 2.33. The molecule has 8 heteroatoms. The fourth-order valence-electron chi connectivity index (χ4n) is 2.62. The number of aliphatic carboxylic acids is 1. The molecule has 20 heavy (non-hydrogen) atoms. The van der Waals surface area contributed by atoms with Crippen LogP contribution in [0.25, 0.3) is 0 Å². The van der Waals surface area contributed by atoms with Gasteiger partial charge in [0, 0.05) is 20.1 Å². The van der Waals surface area contributed by atoms with Crippen molar-refractivity contribution in [3.8, 4) is 0 Å². The van der Waals surface area contributed by atoms with Crippen molar-refractivity contribution in [2.24, 2.45) is 12.5 Å². The zero-order valence-electron chi connectivity index (χ0n) is 11.6. The molecule has 1 fully saturated rings. The maximum absolute atomic E-state index is 12.5. The van der Waals surface area contributed by atoms with Gasteiger partial charge >= 0.3 is 5.97 Å². The number of nitrogens with zero attached hydrogens (tertiary/aromatic N) is 3. The van der Waals surface area contributed by atoms with E-state index < -0.39 is 21.4 Å². The van der Waals surface area contributed by atoms with E-state index in [1.54, 1.807) is 7.05 Å². The molecule has 0 saturated carbocycles. The maximum Gasteiger partial charge on any atom is 0.309 e. The molecular formula is C12H19N3O4S. The molecule has 1 N–H and O–H groups in total. The molecule has 0 unspecified atom stereocenters. The van der Waals surface area contributed by atoms with Gasteiger partial charge in [-0.1, -0.05) is 6.92 Å². The Morgan fingerprint density at radius 2 is 2.05 bits per heavy atom. The normalized spacial score (nSPS) is 19.9. The first-order chi connectivity index (χ1) is 9.33. The summed E-state index contributed by atoms with van der Waals surface area (Å²) in [6.07, 6.45) is 2.64. The zero-order valence-corrected chi connectivity index (χ0v) is 12.4. The molecule has 1 aliphatic heterocycles. The number of rotatable bonds is 4. The highest BCUT2D eigenvalue weighted by Gasteiger charge is 2.43. The molecule has 1 saturated heterocycles. The van der Waals surface area contributed by atoms with Crippen molar-refractivity contribution in [3.05, 3.63) is 12.3 Å². The summed E-state index contributed by atoms with van der Waals surface area (Å²) in [7, 11) is -2.02. The van der Waals surface area contributed by atoms with Crippen LogP contribution in [0.15, 0.2) is 17.3 Å². The summed E-state index contributed by atoms with van der Waals surface area (Å²) in [6.45, 7) is 2.29. The highest BCUT2D eigenvalue weighted by Crippen LogP contribution is 2.36. The van der Waals surface area contributed by atoms with Gasteiger partial charge in [-0.05, 0) is 25.3 Å². The molecule has 0 aromatic carbocycles. The van der Waals surface area contributed by atoms with E-state index in [9.17, 15) is 18.3 Å². The quantitative estimate of drug-likeness (QED) is 0.883. The number of hydrogen-bond acceptors (Lipinski definition) is 4. The molecule has 0 spiro atoms. The molecular weight excluding hydrogens is 282 g/mol. The van der Waals surface area contributed by atoms with Crippen LogP contribution in [0.5, 0.6) is 0 Å². The van der Waals surface area contributed by atoms with Gasteiger partial charge in [0.2, 0.25) is 0 Å². The number of piperidine rings is 1. The standard InChI is InChI=1S/C12H19N3O4S/c1-3-12(11(16)17)5-8-15(9-6-12)20(18,19)10-4-7-13-14(10)2/h4,7H,3,5-6,8-9H2,1-2H3,(H,16,17). The Morgan fingerprint density at radius 3 is 2.45 bits per heavy atom. The highest BCUT2D eigenvalue weighted by atomic mass is 32.2. The maximum atomic E-state index is 12.5. The van der Waals surface area contributed by atoms with Gasteiger partial charge in [-0.3, -0.25) is 9.48 Å². The molecule has 2 rings (SSSR count). The van der Waals surface area contributed by atoms with E-state index >= 15 is 0 Å². The topological polar surface area (TPSA) is 92.5 Å². The number of carbonyl (C=O) groups is 1. The summed E-state index contributed by atoms with van der Waals surface area (Å²) >= 11 is 0. The van der Waals surface area contributed by atoms with E-state index in [0.717, 1.165) is 0 Å². The van der Waals surface area contributed by atoms with Gasteiger partial charge in [0.1, 0.15) is 0 Å². The summed E-state index contributed by atoms with van der Waals surface area (Å²) in [4.78, 5) is 11.4. The summed E-state index contributed by atoms with van der Waals surface area (Å²) in [5, 5.41) is 13.3. The second-order valence-corrected chi connectivity index (χ2v) is 7.02. The van der Waals surface area contributed by atoms with Crippen LogP contribution in [0.3, 0.4) is 0 Å². The number of aromatic nitrogens is 2. The Kier molecular flexibility index (Phi) is 3.88. The lowest BCUT2D eigenvalue weighted by atomic mass is 9.77. The number of sulfonamides is 1. The van der Waals surface area contributed by atoms with Crippen LogP contribution in [0, 0.1) is 5.41 Å². The monoisotopic (exact) mass is 301 g/mol. The molecule has 0 aliphatic carbocycles. The smallest absolute Gasteiger partial charge is 0.309 e. The Morgan fingerprint density at radius 1 is 1.45 bits per heavy atom. The lowest BCUT2D eigenvalue weighted by molar-refractivity contribution is -0.151. The van der Waals surface area contributed by atoms with Crippen molar-refractivity contribution in [2.75, 3.05) is 13.1 Å². The number of hydrogen-bond donors (Lipinski definition) is 1. The molecule has 0 radical (unpaired) electrons. The second kappa shape index (κ2) is 5.17. The van der Waals surface area contributed by atoms with Gasteiger partial charge in [-0.15, -0.1) is 0 Å². The first-order valence-electron chi connectivity index (χ1n) is 6.55. The lowest BCUT2D eigenvalue weighted by Gasteiger charge is -2.37. The summed E-state index contributed by atoms with van der Waals surface area (Å²) < 4.78 is 27.6. The molecule has 0 atom stereocenters. The predicted octanol–water partition coefficient (Wildman–Crippen LogP) is 0.686. The van der Waals surface area contributed by atoms with Gasteiger partial charge in [0.25, 0.3) is 10.0 Å². The highest BCUT2D eigenvalue weighted by molar-refractivity contribution is 7.89. The third-order valence-electron chi connectivity index (χ3n) is 4.19. The molecule has 1 aromatic rings. The fraction of sp³-hybridized carbons (Fsp3) is 0.667. The molecule has 0 bridgehead atoms. The number of carboxylic acid groups (broad SMARTS) is 1. The van der Waals surface area contributed by atoms with Crippen molar-refractivity contribution in [1.29, 1.82) is 0 Å². The Balaban J connectivity index is 2.19. The SMILES string of the molecule is CCC1(C(=O)O)CCN(S(=O)(=O)c2ccnn2C)CC1. The van der Waals surface area contributed by atoms with Crippen LogP contribution in [0.1, 0.15) is 26.2 Å². The molecule has 0 amide bonds. The molecule has 112 valence electrons. The average molecular weight is 301 g/mol. The van der Waals surface area contributed by atoms with Gasteiger partial charge in [-0.25, -0.2) is 8.42 Å². The summed E-state index contributed by atoms with van der Waals surface area (Å²) in [5.41, 5.74) is -0.793. The molecule has 1 aliphatic rings. The van der Waals surface area contributed by atoms with Crippen molar-refractivity contribution in [3.63, 3.8) is 0 Å². The van der Waals surface area contributed by atoms with Gasteiger partial charge in [0.05, 0.1) is 11.6 Å². The van der Waals surface area contributed by atoms with Crippen LogP contribution >= 0.6 is 0 Å². The minimum absolute atomic E-state index is 0.136. The minimum Gasteiger partial charge on any atom is -0.481 e. The van der Waals surface area contributed by atoms with Gasteiger partial charge < -0.3 is 5.11 Å². The van der Waals surface area contributed by atoms with E-state index in [0.29, 0.717) is 19.3 Å². The van der Waals surface area contributed by atoms with Crippen molar-refractivity contribution in [2.45, 2.75) is 31.2 Å². The van der Waals surface area contributed by atoms with E-state index in [2.05, 4.69) is 5.10 Å². The van der Waals surface area contributed by atoms with Crippen LogP contribution < -0.4 is 0 Å². The first kappa shape index (κ1) is 15.0. The predicted molar refractivity (Wildman–Crippen MR) is 71.6 cm³/mol. The van der Waals surface area contributed by atoms with E-state index in [4.69, 9.17) is 0 Å². The second-order valence-electron chi connectivity index (χ2n) is 5.14. The van der Waals surface area contributed by atoms with E-state index in [1.165, 1.54) is 21.3 Å². The van der Waals surface area contributed by atoms with E-state index in [1.807, 2.05) is 6.92 Å². The largest absolute Gasteiger partial charge is 0.481 e. The van der Waals surface area contributed by atoms with Gasteiger partial charge in [-0.2, -0.15) is 9.40 Å². The Labute approximate surface area is 118 Å². The lowest BCUT2D eigenvalue weighted by Crippen LogP contribution is -2.46. The zero-order chi connectivity index (χ0) is 15.0. The fourth-order valence-corrected chi connectivity index (χ4v) is 4.16. The van der Waals surface area contributed by atoms with Crippen LogP contribution in [-0.4, -0.2) is 46.7 Å².